The van der Waals surface area contributed by atoms with E-state index >= 15 is 0 Å². The Hall–Kier alpha value is -2.18. The summed E-state index contributed by atoms with van der Waals surface area (Å²) in [7, 11) is -3.64. The maximum absolute atomic E-state index is 12.6. The van der Waals surface area contributed by atoms with Crippen molar-refractivity contribution >= 4 is 15.9 Å². The van der Waals surface area contributed by atoms with E-state index in [-0.39, 0.29) is 17.2 Å². The number of amides is 1. The standard InChI is InChI=1S/C20H26N2O3S/c1-15-10-11-17(12-18(15)26(24,25)22-20(2,3)4)13-19(23)21-14-16-8-6-5-7-9-16/h5-12,22H,13-14H2,1-4H3,(H,21,23). The van der Waals surface area contributed by atoms with Gasteiger partial charge < -0.3 is 5.32 Å². The summed E-state index contributed by atoms with van der Waals surface area (Å²) in [4.78, 5) is 12.4. The van der Waals surface area contributed by atoms with Crippen LogP contribution in [-0.4, -0.2) is 19.9 Å². The van der Waals surface area contributed by atoms with Crippen LogP contribution in [0.25, 0.3) is 0 Å². The summed E-state index contributed by atoms with van der Waals surface area (Å²) in [6.45, 7) is 7.57. The molecule has 26 heavy (non-hydrogen) atoms. The summed E-state index contributed by atoms with van der Waals surface area (Å²) in [6, 6.07) is 14.7. The Balaban J connectivity index is 2.10. The fourth-order valence-corrected chi connectivity index (χ4v) is 4.26. The average molecular weight is 375 g/mol. The van der Waals surface area contributed by atoms with Gasteiger partial charge in [0.1, 0.15) is 0 Å². The van der Waals surface area contributed by atoms with Gasteiger partial charge in [0, 0.05) is 12.1 Å². The second-order valence-corrected chi connectivity index (χ2v) is 9.05. The van der Waals surface area contributed by atoms with Gasteiger partial charge in [0.25, 0.3) is 0 Å². The lowest BCUT2D eigenvalue weighted by molar-refractivity contribution is -0.120. The van der Waals surface area contributed by atoms with Crippen molar-refractivity contribution in [2.45, 2.75) is 51.1 Å². The molecule has 2 rings (SSSR count). The molecule has 6 heteroatoms. The van der Waals surface area contributed by atoms with Crippen molar-refractivity contribution in [3.63, 3.8) is 0 Å². The van der Waals surface area contributed by atoms with Gasteiger partial charge in [-0.25, -0.2) is 13.1 Å². The van der Waals surface area contributed by atoms with Gasteiger partial charge in [-0.1, -0.05) is 42.5 Å². The normalized spacial score (nSPS) is 12.0. The van der Waals surface area contributed by atoms with Crippen LogP contribution in [0.1, 0.15) is 37.5 Å². The maximum atomic E-state index is 12.6. The molecule has 0 spiro atoms. The Morgan fingerprint density at radius 1 is 1.00 bits per heavy atom. The Morgan fingerprint density at radius 2 is 1.65 bits per heavy atom. The van der Waals surface area contributed by atoms with Crippen molar-refractivity contribution in [2.24, 2.45) is 0 Å². The SMILES string of the molecule is Cc1ccc(CC(=O)NCc2ccccc2)cc1S(=O)(=O)NC(C)(C)C. The van der Waals surface area contributed by atoms with Crippen LogP contribution in [0.2, 0.25) is 0 Å². The average Bonchev–Trinajstić information content (AvgIpc) is 2.53. The van der Waals surface area contributed by atoms with Gasteiger partial charge in [-0.05, 0) is 50.5 Å². The molecule has 0 radical (unpaired) electrons. The van der Waals surface area contributed by atoms with Crippen LogP contribution >= 0.6 is 0 Å². The fraction of sp³-hybridized carbons (Fsp3) is 0.350. The van der Waals surface area contributed by atoms with Gasteiger partial charge in [-0.15, -0.1) is 0 Å². The van der Waals surface area contributed by atoms with E-state index in [1.807, 2.05) is 30.3 Å². The molecule has 0 unspecified atom stereocenters. The monoisotopic (exact) mass is 374 g/mol. The highest BCUT2D eigenvalue weighted by atomic mass is 32.2. The second kappa shape index (κ2) is 8.01. The highest BCUT2D eigenvalue weighted by Gasteiger charge is 2.24. The molecule has 0 aliphatic carbocycles. The van der Waals surface area contributed by atoms with E-state index in [0.29, 0.717) is 17.7 Å². The van der Waals surface area contributed by atoms with Gasteiger partial charge >= 0.3 is 0 Å². The summed E-state index contributed by atoms with van der Waals surface area (Å²) >= 11 is 0. The van der Waals surface area contributed by atoms with E-state index < -0.39 is 15.6 Å². The number of nitrogens with one attached hydrogen (secondary N) is 2. The van der Waals surface area contributed by atoms with Crippen LogP contribution in [0.15, 0.2) is 53.4 Å². The fourth-order valence-electron chi connectivity index (χ4n) is 2.55. The number of sulfonamides is 1. The molecular formula is C20H26N2O3S. The van der Waals surface area contributed by atoms with Crippen LogP contribution in [0.4, 0.5) is 0 Å². The lowest BCUT2D eigenvalue weighted by atomic mass is 10.1. The molecule has 0 aromatic heterocycles. The second-order valence-electron chi connectivity index (χ2n) is 7.39. The molecule has 140 valence electrons. The van der Waals surface area contributed by atoms with E-state index in [1.165, 1.54) is 0 Å². The van der Waals surface area contributed by atoms with Crippen LogP contribution in [0, 0.1) is 6.92 Å². The summed E-state index contributed by atoms with van der Waals surface area (Å²) in [5.74, 6) is -0.148. The van der Waals surface area contributed by atoms with Crippen molar-refractivity contribution in [1.29, 1.82) is 0 Å². The number of aryl methyl sites for hydroxylation is 1. The molecule has 0 atom stereocenters. The molecule has 0 aliphatic rings. The largest absolute Gasteiger partial charge is 0.352 e. The molecule has 0 bridgehead atoms. The zero-order valence-electron chi connectivity index (χ0n) is 15.7. The molecule has 2 aromatic rings. The van der Waals surface area contributed by atoms with Crippen molar-refractivity contribution in [1.82, 2.24) is 10.0 Å². The van der Waals surface area contributed by atoms with E-state index in [4.69, 9.17) is 0 Å². The Morgan fingerprint density at radius 3 is 2.27 bits per heavy atom. The Kier molecular flexibility index (Phi) is 6.21. The topological polar surface area (TPSA) is 75.3 Å². The maximum Gasteiger partial charge on any atom is 0.241 e. The molecule has 2 aromatic carbocycles. The van der Waals surface area contributed by atoms with Gasteiger partial charge in [0.05, 0.1) is 11.3 Å². The van der Waals surface area contributed by atoms with E-state index in [2.05, 4.69) is 10.0 Å². The molecule has 0 saturated heterocycles. The molecule has 5 nitrogen and oxygen atoms in total. The van der Waals surface area contributed by atoms with Crippen molar-refractivity contribution in [3.05, 3.63) is 65.2 Å². The highest BCUT2D eigenvalue weighted by Crippen LogP contribution is 2.19. The third-order valence-corrected chi connectivity index (χ3v) is 5.58. The third kappa shape index (κ3) is 5.97. The minimum Gasteiger partial charge on any atom is -0.352 e. The van der Waals surface area contributed by atoms with E-state index in [9.17, 15) is 13.2 Å². The molecule has 0 fully saturated rings. The van der Waals surface area contributed by atoms with Crippen molar-refractivity contribution in [2.75, 3.05) is 0 Å². The van der Waals surface area contributed by atoms with Crippen LogP contribution in [0.5, 0.6) is 0 Å². The third-order valence-electron chi connectivity index (χ3n) is 3.68. The van der Waals surface area contributed by atoms with Gasteiger partial charge in [0.2, 0.25) is 15.9 Å². The summed E-state index contributed by atoms with van der Waals surface area (Å²) in [6.07, 6.45) is 0.130. The number of benzene rings is 2. The predicted octanol–water partition coefficient (Wildman–Crippen LogP) is 2.93. The lowest BCUT2D eigenvalue weighted by Gasteiger charge is -2.21. The first kappa shape index (κ1) is 20.1. The first-order valence-electron chi connectivity index (χ1n) is 8.51. The van der Waals surface area contributed by atoms with Crippen LogP contribution in [0.3, 0.4) is 0 Å². The summed E-state index contributed by atoms with van der Waals surface area (Å²) in [5, 5.41) is 2.85. The number of hydrogen-bond acceptors (Lipinski definition) is 3. The molecule has 0 aliphatic heterocycles. The Bertz CT molecular complexity index is 870. The van der Waals surface area contributed by atoms with Crippen molar-refractivity contribution < 1.29 is 13.2 Å². The van der Waals surface area contributed by atoms with Gasteiger partial charge in [0.15, 0.2) is 0 Å². The number of carbonyl (C=O) groups is 1. The molecule has 0 saturated carbocycles. The predicted molar refractivity (Wildman–Crippen MR) is 103 cm³/mol. The molecule has 2 N–H and O–H groups in total. The zero-order valence-corrected chi connectivity index (χ0v) is 16.5. The Labute approximate surface area is 155 Å². The summed E-state index contributed by atoms with van der Waals surface area (Å²) < 4.78 is 27.9. The number of rotatable bonds is 6. The van der Waals surface area contributed by atoms with Crippen molar-refractivity contribution in [3.8, 4) is 0 Å². The molecular weight excluding hydrogens is 348 g/mol. The molecule has 1 amide bonds. The zero-order chi connectivity index (χ0) is 19.4. The number of hydrogen-bond donors (Lipinski definition) is 2. The van der Waals surface area contributed by atoms with Gasteiger partial charge in [-0.3, -0.25) is 4.79 Å². The number of carbonyl (C=O) groups excluding carboxylic acids is 1. The van der Waals surface area contributed by atoms with Crippen LogP contribution in [-0.2, 0) is 27.8 Å². The highest BCUT2D eigenvalue weighted by molar-refractivity contribution is 7.89. The summed E-state index contributed by atoms with van der Waals surface area (Å²) in [5.41, 5.74) is 1.75. The minimum absolute atomic E-state index is 0.130. The first-order chi connectivity index (χ1) is 12.1. The minimum atomic E-state index is -3.64. The lowest BCUT2D eigenvalue weighted by Crippen LogP contribution is -2.40. The van der Waals surface area contributed by atoms with E-state index in [1.54, 1.807) is 45.9 Å². The van der Waals surface area contributed by atoms with Gasteiger partial charge in [-0.2, -0.15) is 0 Å². The first-order valence-corrected chi connectivity index (χ1v) is 9.99. The quantitative estimate of drug-likeness (QED) is 0.816. The van der Waals surface area contributed by atoms with E-state index in [0.717, 1.165) is 5.56 Å². The smallest absolute Gasteiger partial charge is 0.241 e. The molecule has 0 heterocycles. The van der Waals surface area contributed by atoms with Crippen LogP contribution < -0.4 is 10.0 Å².